The number of aryl methyl sites for hydroxylation is 1. The van der Waals surface area contributed by atoms with Crippen molar-refractivity contribution in [1.82, 2.24) is 25.6 Å². The monoisotopic (exact) mass is 992 g/mol. The van der Waals surface area contributed by atoms with E-state index >= 15 is 0 Å². The van der Waals surface area contributed by atoms with Gasteiger partial charge in [-0.3, -0.25) is 24.9 Å². The van der Waals surface area contributed by atoms with E-state index in [2.05, 4.69) is 30.4 Å². The van der Waals surface area contributed by atoms with Gasteiger partial charge in [-0.2, -0.15) is 13.5 Å². The highest BCUT2D eigenvalue weighted by Gasteiger charge is 2.58. The first kappa shape index (κ1) is 51.2. The van der Waals surface area contributed by atoms with Gasteiger partial charge in [0.25, 0.3) is 17.9 Å². The molecule has 0 radical (unpaired) electrons. The van der Waals surface area contributed by atoms with Crippen LogP contribution in [0.5, 0.6) is 5.75 Å². The van der Waals surface area contributed by atoms with Gasteiger partial charge in [-0.1, -0.05) is 65.8 Å². The summed E-state index contributed by atoms with van der Waals surface area (Å²) in [5.74, 6) is -2.77. The van der Waals surface area contributed by atoms with Crippen molar-refractivity contribution in [3.63, 3.8) is 0 Å². The van der Waals surface area contributed by atoms with E-state index in [9.17, 15) is 42.0 Å². The maximum Gasteiger partial charge on any atom is 0.418 e. The lowest BCUT2D eigenvalue weighted by molar-refractivity contribution is -0.218. The Morgan fingerprint density at radius 2 is 1.55 bits per heavy atom. The first-order chi connectivity index (χ1) is 32.5. The first-order valence-corrected chi connectivity index (χ1v) is 23.6. The zero-order valence-corrected chi connectivity index (χ0v) is 40.0. The molecule has 4 amide bonds. The van der Waals surface area contributed by atoms with Crippen LogP contribution in [0.15, 0.2) is 90.1 Å². The number of amides is 4. The van der Waals surface area contributed by atoms with Crippen LogP contribution in [-0.4, -0.2) is 124 Å². The van der Waals surface area contributed by atoms with Crippen LogP contribution in [0.1, 0.15) is 80.8 Å². The van der Waals surface area contributed by atoms with Crippen molar-refractivity contribution in [2.24, 2.45) is 5.16 Å². The zero-order chi connectivity index (χ0) is 50.3. The number of nitrogens with one attached hydrogen (secondary N) is 4. The second kappa shape index (κ2) is 21.4. The van der Waals surface area contributed by atoms with Crippen molar-refractivity contribution in [3.8, 4) is 5.75 Å². The molecule has 0 aliphatic carbocycles. The summed E-state index contributed by atoms with van der Waals surface area (Å²) in [6.07, 6.45) is -3.44. The molecule has 3 aromatic carbocycles. The van der Waals surface area contributed by atoms with Crippen LogP contribution in [0.25, 0.3) is 0 Å². The van der Waals surface area contributed by atoms with Gasteiger partial charge in [-0.15, -0.1) is 15.6 Å². The fourth-order valence-corrected chi connectivity index (χ4v) is 8.35. The minimum absolute atomic E-state index is 0.0202. The predicted molar refractivity (Wildman–Crippen MR) is 249 cm³/mol. The number of β-lactam (4-membered cyclic amide) rings is 1. The van der Waals surface area contributed by atoms with E-state index in [4.69, 9.17) is 24.5 Å². The number of aromatic nitrogens is 1. The van der Waals surface area contributed by atoms with Gasteiger partial charge < -0.3 is 39.7 Å². The minimum atomic E-state index is -5.12. The van der Waals surface area contributed by atoms with Crippen LogP contribution in [0.3, 0.4) is 0 Å². The van der Waals surface area contributed by atoms with E-state index in [0.29, 0.717) is 52.6 Å². The van der Waals surface area contributed by atoms with Crippen LogP contribution in [0, 0.1) is 12.3 Å². The average Bonchev–Trinajstić information content (AvgIpc) is 3.65. The van der Waals surface area contributed by atoms with E-state index in [0.717, 1.165) is 11.3 Å². The van der Waals surface area contributed by atoms with Crippen LogP contribution < -0.4 is 20.7 Å². The van der Waals surface area contributed by atoms with Crippen molar-refractivity contribution < 1.29 is 65.4 Å². The van der Waals surface area contributed by atoms with Crippen molar-refractivity contribution in [1.29, 1.82) is 5.41 Å². The number of amidine groups is 1. The fraction of sp³-hybridized carbons (Fsp3) is 0.378. The molecule has 2 aliphatic rings. The quantitative estimate of drug-likeness (QED) is 0.0198. The number of hydroxylamine groups is 2. The van der Waals surface area contributed by atoms with Crippen LogP contribution in [0.2, 0.25) is 0 Å². The number of esters is 1. The number of rotatable bonds is 17. The highest BCUT2D eigenvalue weighted by atomic mass is 32.3. The molecule has 0 bridgehead atoms. The first-order valence-electron chi connectivity index (χ1n) is 21.4. The Kier molecular flexibility index (Phi) is 15.9. The number of oxime groups is 1. The Morgan fingerprint density at radius 3 is 2.09 bits per heavy atom. The predicted octanol–water partition coefficient (Wildman–Crippen LogP) is 5.20. The lowest BCUT2D eigenvalue weighted by Crippen LogP contribution is -2.76. The molecule has 6 rings (SSSR count). The Hall–Kier alpha value is -7.15. The van der Waals surface area contributed by atoms with Gasteiger partial charge in [0.2, 0.25) is 0 Å². The van der Waals surface area contributed by atoms with E-state index in [1.54, 1.807) is 113 Å². The van der Waals surface area contributed by atoms with Crippen molar-refractivity contribution in [3.05, 3.63) is 112 Å². The molecule has 69 heavy (non-hydrogen) atoms. The molecule has 6 N–H and O–H groups in total. The third-order valence-corrected chi connectivity index (χ3v) is 11.8. The number of benzene rings is 3. The molecular weight excluding hydrogens is 941 g/mol. The number of carboxylic acid groups (broad SMARTS) is 1. The standard InChI is InChI=1S/C45H52N8O14S2/c1-26-33(48-41(68-26)50-42(57)65-44(2,3)4)34(38(54)49-36-39(55)53(45(36,5)6)67-69(60,61)62)51-66-32(40(56)64-35(27-13-9-7-10-14-27)28-15-11-8-12-16-28)25-63-31-19-17-29(18-20-31)37(46)47-30-21-23-52(24-22-30)43(58)59/h7-20,30,32,35-36H,21-25H2,1-6H3,(H2,46,47)(H,49,54)(H,58,59)(H,48,50,57)(H,60,61,62)/b51-34-/t32?,36-/m1/s1. The van der Waals surface area contributed by atoms with E-state index in [-0.39, 0.29) is 28.5 Å². The number of thiazole rings is 1. The highest BCUT2D eigenvalue weighted by Crippen LogP contribution is 2.34. The lowest BCUT2D eigenvalue weighted by atomic mass is 9.84. The van der Waals surface area contributed by atoms with Gasteiger partial charge in [0.15, 0.2) is 16.9 Å². The summed E-state index contributed by atoms with van der Waals surface area (Å²) in [7, 11) is -5.12. The normalized spacial score (nSPS) is 16.7. The number of nitrogens with zero attached hydrogens (tertiary/aromatic N) is 4. The Balaban J connectivity index is 1.30. The number of piperidine rings is 1. The van der Waals surface area contributed by atoms with Crippen molar-refractivity contribution in [2.45, 2.75) is 89.8 Å². The molecule has 0 spiro atoms. The van der Waals surface area contributed by atoms with Crippen molar-refractivity contribution in [2.75, 3.05) is 25.0 Å². The van der Waals surface area contributed by atoms with Crippen LogP contribution >= 0.6 is 11.3 Å². The summed E-state index contributed by atoms with van der Waals surface area (Å²) in [5, 5.41) is 30.5. The number of carbonyl (C=O) groups excluding carboxylic acids is 4. The smallest absolute Gasteiger partial charge is 0.418 e. The molecule has 0 saturated carbocycles. The molecule has 2 saturated heterocycles. The summed E-state index contributed by atoms with van der Waals surface area (Å²) in [4.78, 5) is 77.7. The largest absolute Gasteiger partial charge is 0.489 e. The highest BCUT2D eigenvalue weighted by molar-refractivity contribution is 7.80. The molecule has 1 unspecified atom stereocenters. The molecule has 2 atom stereocenters. The molecule has 22 nitrogen and oxygen atoms in total. The summed E-state index contributed by atoms with van der Waals surface area (Å²) >= 11 is 0.937. The minimum Gasteiger partial charge on any atom is -0.489 e. The van der Waals surface area contributed by atoms with E-state index in [1.807, 2.05) is 0 Å². The van der Waals surface area contributed by atoms with Gasteiger partial charge in [0.05, 0.1) is 5.54 Å². The molecule has 4 aromatic rings. The number of hydrogen-bond donors (Lipinski definition) is 6. The van der Waals surface area contributed by atoms with Crippen LogP contribution in [0.4, 0.5) is 14.7 Å². The molecule has 24 heteroatoms. The van der Waals surface area contributed by atoms with Gasteiger partial charge in [-0.05, 0) is 89.8 Å². The second-order valence-corrected chi connectivity index (χ2v) is 19.5. The summed E-state index contributed by atoms with van der Waals surface area (Å²) in [5.41, 5.74) is -1.43. The maximum atomic E-state index is 14.4. The summed E-state index contributed by atoms with van der Waals surface area (Å²) < 4.78 is 54.2. The Morgan fingerprint density at radius 1 is 0.957 bits per heavy atom. The summed E-state index contributed by atoms with van der Waals surface area (Å²) in [6, 6.07) is 22.6. The molecule has 2 fully saturated rings. The topological polar surface area (TPSA) is 298 Å². The number of carbonyl (C=O) groups is 5. The van der Waals surface area contributed by atoms with E-state index < -0.39 is 82.1 Å². The molecule has 2 aliphatic heterocycles. The molecular formula is C45H52N8O14S2. The second-order valence-electron chi connectivity index (χ2n) is 17.3. The molecule has 1 aromatic heterocycles. The average molecular weight is 993 g/mol. The Labute approximate surface area is 401 Å². The molecule has 368 valence electrons. The van der Waals surface area contributed by atoms with E-state index in [1.165, 1.54) is 18.7 Å². The number of hydrogen-bond acceptors (Lipinski definition) is 16. The van der Waals surface area contributed by atoms with Gasteiger partial charge in [0, 0.05) is 29.6 Å². The van der Waals surface area contributed by atoms with Crippen molar-refractivity contribution >= 4 is 68.4 Å². The Bertz CT molecular complexity index is 2630. The summed E-state index contributed by atoms with van der Waals surface area (Å²) in [6.45, 7) is 9.37. The fourth-order valence-electron chi connectivity index (χ4n) is 7.10. The number of ether oxygens (including phenoxy) is 3. The SMILES string of the molecule is Cc1sc(NC(=O)OC(C)(C)C)nc1/C(=N/OC(COc1ccc(C(=N)NC2CCN(C(=O)O)CC2)cc1)C(=O)OC(c1ccccc1)c1ccccc1)C(=O)N[C@@H]1C(=O)N(OS(=O)(=O)O)C1(C)C. The van der Waals surface area contributed by atoms with Crippen LogP contribution in [-0.2, 0) is 43.4 Å². The number of anilines is 1. The third kappa shape index (κ3) is 13.5. The van der Waals surface area contributed by atoms with Gasteiger partial charge in [-0.25, -0.2) is 19.4 Å². The third-order valence-electron chi connectivity index (χ3n) is 10.6. The number of likely N-dealkylation sites (tertiary alicyclic amines) is 1. The van der Waals surface area contributed by atoms with Gasteiger partial charge >= 0.3 is 28.6 Å². The maximum absolute atomic E-state index is 14.4. The zero-order valence-electron chi connectivity index (χ0n) is 38.3. The van der Waals surface area contributed by atoms with Gasteiger partial charge in [0.1, 0.15) is 35.5 Å². The lowest BCUT2D eigenvalue weighted by Gasteiger charge is -2.50. The molecule has 3 heterocycles.